The maximum Gasteiger partial charge on any atom is 0.226 e. The summed E-state index contributed by atoms with van der Waals surface area (Å²) in [4.78, 5) is 32.0. The van der Waals surface area contributed by atoms with Crippen LogP contribution in [0.15, 0.2) is 32.0 Å². The van der Waals surface area contributed by atoms with Gasteiger partial charge in [0.15, 0.2) is 0 Å². The van der Waals surface area contributed by atoms with Gasteiger partial charge in [0.05, 0.1) is 0 Å². The van der Waals surface area contributed by atoms with Crippen molar-refractivity contribution in [2.45, 2.75) is 24.2 Å². The monoisotopic (exact) mass is 362 g/mol. The summed E-state index contributed by atoms with van der Waals surface area (Å²) in [6.45, 7) is 3.54. The highest BCUT2D eigenvalue weighted by Crippen LogP contribution is 2.33. The van der Waals surface area contributed by atoms with E-state index in [1.54, 1.807) is 13.8 Å². The third-order valence-corrected chi connectivity index (χ3v) is 4.94. The number of fused-ring (bicyclic) bond motifs is 2. The van der Waals surface area contributed by atoms with Crippen molar-refractivity contribution in [2.24, 2.45) is 0 Å². The number of rotatable bonds is 3. The Kier molecular flexibility index (Phi) is 3.42. The molecule has 0 aliphatic rings. The Morgan fingerprint density at radius 1 is 0.833 bits per heavy atom. The molecular weight excluding hydrogens is 352 g/mol. The third kappa shape index (κ3) is 2.59. The average Bonchev–Trinajstić information content (AvgIpc) is 3.08. The Balaban J connectivity index is 1.63. The summed E-state index contributed by atoms with van der Waals surface area (Å²) in [5.74, 6) is 0. The van der Waals surface area contributed by atoms with E-state index in [0.29, 0.717) is 21.7 Å². The van der Waals surface area contributed by atoms with Crippen molar-refractivity contribution in [2.75, 3.05) is 0 Å². The van der Waals surface area contributed by atoms with E-state index in [2.05, 4.69) is 30.4 Å². The Bertz CT molecular complexity index is 1090. The van der Waals surface area contributed by atoms with Gasteiger partial charge in [0, 0.05) is 23.5 Å². The van der Waals surface area contributed by atoms with Crippen LogP contribution in [0.5, 0.6) is 0 Å². The van der Waals surface area contributed by atoms with E-state index in [9.17, 15) is 9.59 Å². The van der Waals surface area contributed by atoms with Gasteiger partial charge in [0.2, 0.25) is 32.5 Å². The summed E-state index contributed by atoms with van der Waals surface area (Å²) in [5.41, 5.74) is 1.41. The van der Waals surface area contributed by atoms with E-state index < -0.39 is 0 Å². The molecule has 0 atom stereocenters. The molecule has 122 valence electrons. The van der Waals surface area contributed by atoms with Crippen LogP contribution in [0.3, 0.4) is 0 Å². The van der Waals surface area contributed by atoms with Crippen LogP contribution >= 0.6 is 21.6 Å². The predicted octanol–water partition coefficient (Wildman–Crippen LogP) is 0.565. The van der Waals surface area contributed by atoms with Gasteiger partial charge in [0.25, 0.3) is 0 Å². The molecule has 0 aromatic carbocycles. The van der Waals surface area contributed by atoms with Crippen LogP contribution in [0.4, 0.5) is 0 Å². The molecule has 10 nitrogen and oxygen atoms in total. The summed E-state index contributed by atoms with van der Waals surface area (Å²) in [7, 11) is 2.40. The number of aromatic amines is 2. The third-order valence-electron chi connectivity index (χ3n) is 3.07. The zero-order valence-electron chi connectivity index (χ0n) is 12.5. The van der Waals surface area contributed by atoms with Crippen molar-refractivity contribution < 1.29 is 0 Å². The molecule has 0 aliphatic carbocycles. The highest BCUT2D eigenvalue weighted by Gasteiger charge is 2.13. The molecule has 12 heteroatoms. The van der Waals surface area contributed by atoms with Gasteiger partial charge in [-0.05, 0) is 35.4 Å². The summed E-state index contributed by atoms with van der Waals surface area (Å²) < 4.78 is 2.68. The van der Waals surface area contributed by atoms with E-state index in [1.807, 2.05) is 0 Å². The minimum absolute atomic E-state index is 0.206. The van der Waals surface area contributed by atoms with Crippen LogP contribution in [0.2, 0.25) is 0 Å². The minimum Gasteiger partial charge on any atom is -0.286 e. The van der Waals surface area contributed by atoms with Crippen LogP contribution in [0.25, 0.3) is 11.3 Å². The number of nitrogens with zero attached hydrogens (tertiary/aromatic N) is 6. The fourth-order valence-electron chi connectivity index (χ4n) is 2.13. The number of aryl methyl sites for hydroxylation is 2. The molecular formula is C12H10N8O2S2. The first-order valence-electron chi connectivity index (χ1n) is 6.77. The van der Waals surface area contributed by atoms with Gasteiger partial charge in [0.1, 0.15) is 0 Å². The Labute approximate surface area is 141 Å². The van der Waals surface area contributed by atoms with Gasteiger partial charge in [-0.25, -0.2) is 0 Å². The molecule has 0 fully saturated rings. The van der Waals surface area contributed by atoms with Crippen LogP contribution in [0, 0.1) is 13.8 Å². The number of H-pyrrole nitrogens is 2. The first kappa shape index (κ1) is 15.0. The van der Waals surface area contributed by atoms with E-state index in [-0.39, 0.29) is 22.2 Å². The van der Waals surface area contributed by atoms with Crippen LogP contribution in [-0.2, 0) is 0 Å². The topological polar surface area (TPSA) is 126 Å². The van der Waals surface area contributed by atoms with Crippen molar-refractivity contribution >= 4 is 32.9 Å². The lowest BCUT2D eigenvalue weighted by molar-refractivity contribution is 0.748. The van der Waals surface area contributed by atoms with Gasteiger partial charge >= 0.3 is 0 Å². The standard InChI is InChI=1S/C12H10N8O2S2/c1-5-3-7(21)9-13-11(17-19(9)15-5)23-24-12-14-10-8(22)4-6(2)16-20(10)18-12/h3-4,15-16H,1-2H3. The Morgan fingerprint density at radius 2 is 1.25 bits per heavy atom. The molecule has 24 heavy (non-hydrogen) atoms. The second kappa shape index (κ2) is 5.49. The maximum atomic E-state index is 11.8. The lowest BCUT2D eigenvalue weighted by atomic mass is 10.4. The summed E-state index contributed by atoms with van der Waals surface area (Å²) in [5, 5.41) is 15.0. The zero-order chi connectivity index (χ0) is 16.8. The molecule has 4 aromatic rings. The SMILES string of the molecule is Cc1cc(=O)c2nc(SSc3nc4c(=O)cc(C)[nH]n4n3)nn2[nH]1. The molecule has 2 N–H and O–H groups in total. The number of aromatic nitrogens is 8. The number of hydrogen-bond acceptors (Lipinski definition) is 8. The number of nitrogens with one attached hydrogen (secondary N) is 2. The summed E-state index contributed by atoms with van der Waals surface area (Å²) >= 11 is 0. The maximum absolute atomic E-state index is 11.8. The molecule has 4 aromatic heterocycles. The second-order valence-corrected chi connectivity index (χ2v) is 7.10. The van der Waals surface area contributed by atoms with Crippen molar-refractivity contribution in [3.63, 3.8) is 0 Å². The molecule has 0 saturated carbocycles. The van der Waals surface area contributed by atoms with Gasteiger partial charge < -0.3 is 0 Å². The van der Waals surface area contributed by atoms with Gasteiger partial charge in [-0.2, -0.15) is 9.97 Å². The minimum atomic E-state index is -0.206. The zero-order valence-corrected chi connectivity index (χ0v) is 14.1. The van der Waals surface area contributed by atoms with Gasteiger partial charge in [-0.3, -0.25) is 19.8 Å². The average molecular weight is 362 g/mol. The first-order valence-corrected chi connectivity index (χ1v) is 8.92. The molecule has 0 saturated heterocycles. The molecule has 0 aliphatic heterocycles. The van der Waals surface area contributed by atoms with Crippen molar-refractivity contribution in [1.29, 1.82) is 0 Å². The Morgan fingerprint density at radius 3 is 1.67 bits per heavy atom. The highest BCUT2D eigenvalue weighted by molar-refractivity contribution is 8.76. The molecule has 0 radical (unpaired) electrons. The van der Waals surface area contributed by atoms with Crippen LogP contribution in [-0.4, -0.2) is 39.6 Å². The van der Waals surface area contributed by atoms with E-state index in [0.717, 1.165) is 0 Å². The first-order chi connectivity index (χ1) is 11.5. The largest absolute Gasteiger partial charge is 0.286 e. The molecule has 0 spiro atoms. The lowest BCUT2D eigenvalue weighted by Crippen LogP contribution is -2.09. The second-order valence-electron chi connectivity index (χ2n) is 5.03. The van der Waals surface area contributed by atoms with Gasteiger partial charge in [-0.15, -0.1) is 19.5 Å². The Hall–Kier alpha value is -2.60. The van der Waals surface area contributed by atoms with Crippen LogP contribution in [0.1, 0.15) is 11.4 Å². The molecule has 4 heterocycles. The van der Waals surface area contributed by atoms with Crippen molar-refractivity contribution in [3.8, 4) is 0 Å². The van der Waals surface area contributed by atoms with E-state index >= 15 is 0 Å². The quantitative estimate of drug-likeness (QED) is 0.506. The molecule has 0 unspecified atom stereocenters. The fourth-order valence-corrected chi connectivity index (χ4v) is 3.62. The van der Waals surface area contributed by atoms with E-state index in [1.165, 1.54) is 43.0 Å². The van der Waals surface area contributed by atoms with Crippen LogP contribution < -0.4 is 10.9 Å². The summed E-state index contributed by atoms with van der Waals surface area (Å²) in [6.07, 6.45) is 0. The molecule has 0 amide bonds. The van der Waals surface area contributed by atoms with E-state index in [4.69, 9.17) is 0 Å². The fraction of sp³-hybridized carbons (Fsp3) is 0.167. The normalized spacial score (nSPS) is 11.6. The number of hydrogen-bond donors (Lipinski definition) is 2. The van der Waals surface area contributed by atoms with Gasteiger partial charge in [-0.1, -0.05) is 0 Å². The van der Waals surface area contributed by atoms with Crippen molar-refractivity contribution in [1.82, 2.24) is 39.6 Å². The lowest BCUT2D eigenvalue weighted by Gasteiger charge is -1.93. The predicted molar refractivity (Wildman–Crippen MR) is 88.4 cm³/mol. The molecule has 4 rings (SSSR count). The summed E-state index contributed by atoms with van der Waals surface area (Å²) in [6, 6.07) is 2.92. The molecule has 0 bridgehead atoms. The smallest absolute Gasteiger partial charge is 0.226 e. The van der Waals surface area contributed by atoms with Crippen molar-refractivity contribution in [3.05, 3.63) is 44.0 Å². The highest BCUT2D eigenvalue weighted by atomic mass is 33.1.